The van der Waals surface area contributed by atoms with Gasteiger partial charge in [0.15, 0.2) is 0 Å². The van der Waals surface area contributed by atoms with E-state index in [-0.39, 0.29) is 12.5 Å². The second-order valence-corrected chi connectivity index (χ2v) is 7.04. The SMILES string of the molecule is CCOC(=O)[C@@H]1[C@@H](c2ccc(OC)cc2)CCN1C(=O)OC(C)(C)C. The van der Waals surface area contributed by atoms with Crippen molar-refractivity contribution in [3.8, 4) is 5.75 Å². The van der Waals surface area contributed by atoms with Crippen LogP contribution >= 0.6 is 0 Å². The Morgan fingerprint density at radius 1 is 1.20 bits per heavy atom. The van der Waals surface area contributed by atoms with E-state index >= 15 is 0 Å². The van der Waals surface area contributed by atoms with Crippen molar-refractivity contribution in [2.24, 2.45) is 0 Å². The zero-order valence-electron chi connectivity index (χ0n) is 15.6. The number of carbonyl (C=O) groups is 2. The lowest BCUT2D eigenvalue weighted by molar-refractivity contribution is -0.148. The van der Waals surface area contributed by atoms with Crippen molar-refractivity contribution < 1.29 is 23.8 Å². The standard InChI is InChI=1S/C19H27NO5/c1-6-24-17(21)16-15(13-7-9-14(23-5)10-8-13)11-12-20(16)18(22)25-19(2,3)4/h7-10,15-16H,6,11-12H2,1-5H3/t15-,16+/m1/s1. The summed E-state index contributed by atoms with van der Waals surface area (Å²) >= 11 is 0. The Kier molecular flexibility index (Phi) is 5.93. The average molecular weight is 349 g/mol. The van der Waals surface area contributed by atoms with Crippen molar-refractivity contribution in [2.45, 2.75) is 51.7 Å². The first-order valence-corrected chi connectivity index (χ1v) is 8.57. The number of rotatable bonds is 4. The highest BCUT2D eigenvalue weighted by molar-refractivity contribution is 5.83. The predicted octanol–water partition coefficient (Wildman–Crippen LogP) is 3.35. The first kappa shape index (κ1) is 19.1. The lowest BCUT2D eigenvalue weighted by Gasteiger charge is -2.29. The molecular formula is C19H27NO5. The van der Waals surface area contributed by atoms with Crippen LogP contribution in [-0.2, 0) is 14.3 Å². The number of likely N-dealkylation sites (tertiary alicyclic amines) is 1. The van der Waals surface area contributed by atoms with Crippen LogP contribution in [0, 0.1) is 0 Å². The number of carbonyl (C=O) groups excluding carboxylic acids is 2. The number of nitrogens with zero attached hydrogens (tertiary/aromatic N) is 1. The van der Waals surface area contributed by atoms with E-state index in [4.69, 9.17) is 14.2 Å². The monoisotopic (exact) mass is 349 g/mol. The van der Waals surface area contributed by atoms with Gasteiger partial charge in [0.05, 0.1) is 13.7 Å². The Morgan fingerprint density at radius 2 is 1.84 bits per heavy atom. The van der Waals surface area contributed by atoms with Crippen molar-refractivity contribution in [1.29, 1.82) is 0 Å². The number of methoxy groups -OCH3 is 1. The molecule has 6 nitrogen and oxygen atoms in total. The van der Waals surface area contributed by atoms with Crippen molar-refractivity contribution >= 4 is 12.1 Å². The molecule has 0 N–H and O–H groups in total. The van der Waals surface area contributed by atoms with Gasteiger partial charge in [0.2, 0.25) is 0 Å². The second-order valence-electron chi connectivity index (χ2n) is 7.04. The van der Waals surface area contributed by atoms with Crippen molar-refractivity contribution in [2.75, 3.05) is 20.3 Å². The summed E-state index contributed by atoms with van der Waals surface area (Å²) in [5.41, 5.74) is 0.360. The number of hydrogen-bond acceptors (Lipinski definition) is 5. The van der Waals surface area contributed by atoms with Crippen LogP contribution in [0.25, 0.3) is 0 Å². The number of ether oxygens (including phenoxy) is 3. The molecule has 138 valence electrons. The van der Waals surface area contributed by atoms with Gasteiger partial charge in [-0.05, 0) is 51.8 Å². The minimum atomic E-state index is -0.678. The maximum absolute atomic E-state index is 12.5. The fraction of sp³-hybridized carbons (Fsp3) is 0.579. The van der Waals surface area contributed by atoms with Crippen LogP contribution in [0.4, 0.5) is 4.79 Å². The minimum Gasteiger partial charge on any atom is -0.497 e. The maximum atomic E-state index is 12.5. The Hall–Kier alpha value is -2.24. The summed E-state index contributed by atoms with van der Waals surface area (Å²) < 4.78 is 15.9. The summed E-state index contributed by atoms with van der Waals surface area (Å²) in [5.74, 6) is 0.225. The van der Waals surface area contributed by atoms with E-state index in [2.05, 4.69) is 0 Å². The molecule has 1 aromatic rings. The molecule has 0 radical (unpaired) electrons. The molecule has 1 aromatic carbocycles. The number of hydrogen-bond donors (Lipinski definition) is 0. The summed E-state index contributed by atoms with van der Waals surface area (Å²) in [5, 5.41) is 0. The molecule has 6 heteroatoms. The third-order valence-electron chi connectivity index (χ3n) is 4.10. The van der Waals surface area contributed by atoms with Gasteiger partial charge in [0.1, 0.15) is 17.4 Å². The van der Waals surface area contributed by atoms with Gasteiger partial charge in [-0.3, -0.25) is 4.90 Å². The molecular weight excluding hydrogens is 322 g/mol. The smallest absolute Gasteiger partial charge is 0.411 e. The summed E-state index contributed by atoms with van der Waals surface area (Å²) in [6.45, 7) is 7.90. The summed E-state index contributed by atoms with van der Waals surface area (Å²) in [4.78, 5) is 26.6. The maximum Gasteiger partial charge on any atom is 0.411 e. The molecule has 0 unspecified atom stereocenters. The van der Waals surface area contributed by atoms with Gasteiger partial charge in [-0.2, -0.15) is 0 Å². The van der Waals surface area contributed by atoms with E-state index in [0.29, 0.717) is 13.0 Å². The van der Waals surface area contributed by atoms with E-state index in [1.807, 2.05) is 24.3 Å². The minimum absolute atomic E-state index is 0.127. The highest BCUT2D eigenvalue weighted by Crippen LogP contribution is 2.36. The molecule has 2 atom stereocenters. The lowest BCUT2D eigenvalue weighted by atomic mass is 9.91. The first-order valence-electron chi connectivity index (χ1n) is 8.57. The fourth-order valence-electron chi connectivity index (χ4n) is 3.04. The van der Waals surface area contributed by atoms with Crippen molar-refractivity contribution in [1.82, 2.24) is 4.90 Å². The molecule has 1 amide bonds. The highest BCUT2D eigenvalue weighted by atomic mass is 16.6. The van der Waals surface area contributed by atoms with Crippen LogP contribution in [0.3, 0.4) is 0 Å². The molecule has 0 aliphatic carbocycles. The Morgan fingerprint density at radius 3 is 2.36 bits per heavy atom. The molecule has 1 aliphatic rings. The van der Waals surface area contributed by atoms with Gasteiger partial charge in [0, 0.05) is 12.5 Å². The quantitative estimate of drug-likeness (QED) is 0.780. The third-order valence-corrected chi connectivity index (χ3v) is 4.10. The van der Waals surface area contributed by atoms with Crippen LogP contribution in [0.2, 0.25) is 0 Å². The van der Waals surface area contributed by atoms with E-state index in [1.165, 1.54) is 4.90 Å². The molecule has 0 spiro atoms. The Labute approximate surface area is 149 Å². The number of benzene rings is 1. The van der Waals surface area contributed by atoms with E-state index in [9.17, 15) is 9.59 Å². The average Bonchev–Trinajstić information content (AvgIpc) is 2.99. The lowest BCUT2D eigenvalue weighted by Crippen LogP contribution is -2.45. The van der Waals surface area contributed by atoms with Gasteiger partial charge in [-0.1, -0.05) is 12.1 Å². The van der Waals surface area contributed by atoms with Crippen LogP contribution in [-0.4, -0.2) is 48.9 Å². The molecule has 2 rings (SSSR count). The van der Waals surface area contributed by atoms with Crippen LogP contribution < -0.4 is 4.74 Å². The van der Waals surface area contributed by atoms with Crippen LogP contribution in [0.5, 0.6) is 5.75 Å². The van der Waals surface area contributed by atoms with E-state index in [0.717, 1.165) is 11.3 Å². The Balaban J connectivity index is 2.27. The zero-order valence-corrected chi connectivity index (χ0v) is 15.6. The molecule has 0 aromatic heterocycles. The second kappa shape index (κ2) is 7.76. The summed E-state index contributed by atoms with van der Waals surface area (Å²) in [6, 6.07) is 6.88. The van der Waals surface area contributed by atoms with Crippen molar-refractivity contribution in [3.63, 3.8) is 0 Å². The third kappa shape index (κ3) is 4.65. The normalized spacial score (nSPS) is 20.3. The molecule has 1 heterocycles. The topological polar surface area (TPSA) is 65.1 Å². The fourth-order valence-corrected chi connectivity index (χ4v) is 3.04. The first-order chi connectivity index (χ1) is 11.8. The predicted molar refractivity (Wildman–Crippen MR) is 93.7 cm³/mol. The molecule has 0 bridgehead atoms. The van der Waals surface area contributed by atoms with E-state index in [1.54, 1.807) is 34.8 Å². The van der Waals surface area contributed by atoms with Gasteiger partial charge < -0.3 is 14.2 Å². The molecule has 1 saturated heterocycles. The molecule has 25 heavy (non-hydrogen) atoms. The van der Waals surface area contributed by atoms with Gasteiger partial charge in [-0.15, -0.1) is 0 Å². The number of amides is 1. The summed E-state index contributed by atoms with van der Waals surface area (Å²) in [6.07, 6.45) is 0.191. The Bertz CT molecular complexity index is 605. The van der Waals surface area contributed by atoms with Gasteiger partial charge in [-0.25, -0.2) is 9.59 Å². The van der Waals surface area contributed by atoms with Gasteiger partial charge >= 0.3 is 12.1 Å². The van der Waals surface area contributed by atoms with E-state index < -0.39 is 23.7 Å². The summed E-state index contributed by atoms with van der Waals surface area (Å²) in [7, 11) is 1.61. The molecule has 0 saturated carbocycles. The van der Waals surface area contributed by atoms with Crippen LogP contribution in [0.15, 0.2) is 24.3 Å². The number of esters is 1. The van der Waals surface area contributed by atoms with Gasteiger partial charge in [0.25, 0.3) is 0 Å². The zero-order chi connectivity index (χ0) is 18.6. The molecule has 1 aliphatic heterocycles. The van der Waals surface area contributed by atoms with Crippen molar-refractivity contribution in [3.05, 3.63) is 29.8 Å². The largest absolute Gasteiger partial charge is 0.497 e. The molecule has 1 fully saturated rings. The van der Waals surface area contributed by atoms with Crippen LogP contribution in [0.1, 0.15) is 45.6 Å². The highest BCUT2D eigenvalue weighted by Gasteiger charge is 2.45.